The number of rotatable bonds is 6. The maximum Gasteiger partial charge on any atom is 0.337 e. The second-order valence-electron chi connectivity index (χ2n) is 5.33. The highest BCUT2D eigenvalue weighted by molar-refractivity contribution is 7.92. The van der Waals surface area contributed by atoms with Gasteiger partial charge in [0.15, 0.2) is 0 Å². The van der Waals surface area contributed by atoms with E-state index in [-0.39, 0.29) is 16.1 Å². The molecule has 0 aliphatic heterocycles. The summed E-state index contributed by atoms with van der Waals surface area (Å²) in [5.41, 5.74) is 1.02. The van der Waals surface area contributed by atoms with E-state index >= 15 is 0 Å². The van der Waals surface area contributed by atoms with E-state index in [1.165, 1.54) is 24.3 Å². The van der Waals surface area contributed by atoms with Gasteiger partial charge in [0.05, 0.1) is 16.1 Å². The molecular formula is C17H19NO4S. The second-order valence-corrected chi connectivity index (χ2v) is 7.02. The summed E-state index contributed by atoms with van der Waals surface area (Å²) in [5, 5.41) is 9.12. The zero-order chi connectivity index (χ0) is 17.0. The van der Waals surface area contributed by atoms with Crippen LogP contribution in [0.15, 0.2) is 53.4 Å². The van der Waals surface area contributed by atoms with Crippen molar-refractivity contribution in [1.29, 1.82) is 0 Å². The minimum atomic E-state index is -3.83. The van der Waals surface area contributed by atoms with Crippen LogP contribution in [0, 0.1) is 0 Å². The molecule has 5 nitrogen and oxygen atoms in total. The molecule has 2 aromatic rings. The number of sulfonamides is 1. The number of anilines is 1. The number of aromatic carboxylic acids is 1. The third kappa shape index (κ3) is 3.90. The summed E-state index contributed by atoms with van der Waals surface area (Å²) >= 11 is 0. The molecule has 0 amide bonds. The van der Waals surface area contributed by atoms with Crippen molar-refractivity contribution in [2.24, 2.45) is 0 Å². The Morgan fingerprint density at radius 2 is 1.74 bits per heavy atom. The molecule has 23 heavy (non-hydrogen) atoms. The van der Waals surface area contributed by atoms with Gasteiger partial charge in [-0.25, -0.2) is 13.2 Å². The van der Waals surface area contributed by atoms with Crippen molar-refractivity contribution in [2.75, 3.05) is 4.72 Å². The first-order chi connectivity index (χ1) is 10.8. The van der Waals surface area contributed by atoms with Crippen molar-refractivity contribution in [3.63, 3.8) is 0 Å². The monoisotopic (exact) mass is 333 g/mol. The molecule has 0 saturated carbocycles. The van der Waals surface area contributed by atoms with Crippen molar-refractivity contribution >= 4 is 21.7 Å². The number of carbonyl (C=O) groups is 1. The number of para-hydroxylation sites is 1. The number of carboxylic acid groups (broad SMARTS) is 1. The van der Waals surface area contributed by atoms with Crippen molar-refractivity contribution in [3.05, 3.63) is 59.7 Å². The summed E-state index contributed by atoms with van der Waals surface area (Å²) < 4.78 is 27.2. The zero-order valence-electron chi connectivity index (χ0n) is 13.0. The van der Waals surface area contributed by atoms with Gasteiger partial charge in [0.2, 0.25) is 0 Å². The fourth-order valence-corrected chi connectivity index (χ4v) is 3.25. The molecular weight excluding hydrogens is 314 g/mol. The van der Waals surface area contributed by atoms with Crippen molar-refractivity contribution in [2.45, 2.75) is 31.1 Å². The van der Waals surface area contributed by atoms with Crippen LogP contribution < -0.4 is 4.72 Å². The van der Waals surface area contributed by atoms with E-state index in [0.717, 1.165) is 12.0 Å². The van der Waals surface area contributed by atoms with Crippen LogP contribution in [0.5, 0.6) is 0 Å². The van der Waals surface area contributed by atoms with Crippen LogP contribution in [0.3, 0.4) is 0 Å². The van der Waals surface area contributed by atoms with Crippen LogP contribution in [0.4, 0.5) is 5.69 Å². The smallest absolute Gasteiger partial charge is 0.337 e. The predicted octanol–water partition coefficient (Wildman–Crippen LogP) is 3.70. The summed E-state index contributed by atoms with van der Waals surface area (Å²) in [4.78, 5) is 11.3. The molecule has 0 aliphatic carbocycles. The molecule has 0 bridgehead atoms. The number of hydrogen-bond donors (Lipinski definition) is 2. The summed E-state index contributed by atoms with van der Waals surface area (Å²) in [6, 6.07) is 12.5. The van der Waals surface area contributed by atoms with Crippen LogP contribution in [0.25, 0.3) is 0 Å². The molecule has 0 spiro atoms. The molecule has 0 fully saturated rings. The Morgan fingerprint density at radius 3 is 2.30 bits per heavy atom. The highest BCUT2D eigenvalue weighted by Crippen LogP contribution is 2.23. The minimum Gasteiger partial charge on any atom is -0.478 e. The second kappa shape index (κ2) is 6.83. The fraction of sp³-hybridized carbons (Fsp3) is 0.235. The minimum absolute atomic E-state index is 0.0472. The van der Waals surface area contributed by atoms with Gasteiger partial charge in [-0.05, 0) is 42.2 Å². The summed E-state index contributed by atoms with van der Waals surface area (Å²) in [5.74, 6) is -0.831. The van der Waals surface area contributed by atoms with E-state index in [9.17, 15) is 13.2 Å². The van der Waals surface area contributed by atoms with Crippen molar-refractivity contribution < 1.29 is 18.3 Å². The van der Waals surface area contributed by atoms with E-state index in [4.69, 9.17) is 5.11 Å². The maximum atomic E-state index is 12.4. The van der Waals surface area contributed by atoms with Gasteiger partial charge in [0, 0.05) is 0 Å². The molecule has 0 heterocycles. The van der Waals surface area contributed by atoms with Gasteiger partial charge in [-0.1, -0.05) is 38.1 Å². The molecule has 122 valence electrons. The van der Waals surface area contributed by atoms with Crippen molar-refractivity contribution in [1.82, 2.24) is 0 Å². The first-order valence-corrected chi connectivity index (χ1v) is 8.78. The lowest BCUT2D eigenvalue weighted by molar-refractivity contribution is 0.0698. The molecule has 0 saturated heterocycles. The SMILES string of the molecule is CC[C@H](C)c1ccc(S(=O)(=O)Nc2ccccc2C(=O)O)cc1. The van der Waals surface area contributed by atoms with Gasteiger partial charge in [-0.15, -0.1) is 0 Å². The first-order valence-electron chi connectivity index (χ1n) is 7.30. The highest BCUT2D eigenvalue weighted by Gasteiger charge is 2.18. The van der Waals surface area contributed by atoms with Crippen LogP contribution in [0.2, 0.25) is 0 Å². The van der Waals surface area contributed by atoms with Crippen LogP contribution >= 0.6 is 0 Å². The summed E-state index contributed by atoms with van der Waals surface area (Å²) in [7, 11) is -3.83. The molecule has 0 aliphatic rings. The standard InChI is InChI=1S/C17H19NO4S/c1-3-12(2)13-8-10-14(11-9-13)23(21,22)18-16-7-5-4-6-15(16)17(19)20/h4-12,18H,3H2,1-2H3,(H,19,20)/t12-/m0/s1. The third-order valence-corrected chi connectivity index (χ3v) is 5.16. The fourth-order valence-electron chi connectivity index (χ4n) is 2.17. The lowest BCUT2D eigenvalue weighted by atomic mass is 9.99. The molecule has 0 radical (unpaired) electrons. The quantitative estimate of drug-likeness (QED) is 0.844. The molecule has 1 atom stereocenters. The normalized spacial score (nSPS) is 12.6. The Kier molecular flexibility index (Phi) is 5.05. The molecule has 0 unspecified atom stereocenters. The lowest BCUT2D eigenvalue weighted by Gasteiger charge is -2.12. The molecule has 2 aromatic carbocycles. The van der Waals surface area contributed by atoms with E-state index in [2.05, 4.69) is 18.6 Å². The summed E-state index contributed by atoms with van der Waals surface area (Å²) in [6.45, 7) is 4.14. The van der Waals surface area contributed by atoms with Gasteiger partial charge >= 0.3 is 5.97 Å². The van der Waals surface area contributed by atoms with Gasteiger partial charge in [0.1, 0.15) is 0 Å². The number of carboxylic acids is 1. The van der Waals surface area contributed by atoms with E-state index in [1.807, 2.05) is 0 Å². The summed E-state index contributed by atoms with van der Waals surface area (Å²) in [6.07, 6.45) is 0.969. The Morgan fingerprint density at radius 1 is 1.13 bits per heavy atom. The first kappa shape index (κ1) is 17.0. The van der Waals surface area contributed by atoms with E-state index in [0.29, 0.717) is 5.92 Å². The molecule has 2 rings (SSSR count). The molecule has 2 N–H and O–H groups in total. The third-order valence-electron chi connectivity index (χ3n) is 3.77. The highest BCUT2D eigenvalue weighted by atomic mass is 32.2. The van der Waals surface area contributed by atoms with Gasteiger partial charge in [0.25, 0.3) is 10.0 Å². The van der Waals surface area contributed by atoms with Crippen LogP contribution in [-0.4, -0.2) is 19.5 Å². The predicted molar refractivity (Wildman–Crippen MR) is 89.4 cm³/mol. The van der Waals surface area contributed by atoms with E-state index < -0.39 is 16.0 Å². The average molecular weight is 333 g/mol. The lowest BCUT2D eigenvalue weighted by Crippen LogP contribution is -2.15. The number of benzene rings is 2. The van der Waals surface area contributed by atoms with Crippen LogP contribution in [-0.2, 0) is 10.0 Å². The Bertz CT molecular complexity index is 798. The average Bonchev–Trinajstić information content (AvgIpc) is 2.54. The van der Waals surface area contributed by atoms with Gasteiger partial charge in [-0.2, -0.15) is 0 Å². The Balaban J connectivity index is 2.31. The van der Waals surface area contributed by atoms with E-state index in [1.54, 1.807) is 24.3 Å². The Hall–Kier alpha value is -2.34. The van der Waals surface area contributed by atoms with Crippen molar-refractivity contribution in [3.8, 4) is 0 Å². The van der Waals surface area contributed by atoms with Crippen LogP contribution in [0.1, 0.15) is 42.1 Å². The topological polar surface area (TPSA) is 83.5 Å². The maximum absolute atomic E-state index is 12.4. The van der Waals surface area contributed by atoms with Gasteiger partial charge < -0.3 is 5.11 Å². The number of hydrogen-bond acceptors (Lipinski definition) is 3. The largest absolute Gasteiger partial charge is 0.478 e. The zero-order valence-corrected chi connectivity index (χ0v) is 13.8. The Labute approximate surface area is 136 Å². The van der Waals surface area contributed by atoms with Gasteiger partial charge in [-0.3, -0.25) is 4.72 Å². The molecule has 6 heteroatoms. The molecule has 0 aromatic heterocycles. The number of nitrogens with one attached hydrogen (secondary N) is 1.